The third kappa shape index (κ3) is 5.29. The van der Waals surface area contributed by atoms with E-state index in [0.29, 0.717) is 52.4 Å². The number of phenolic OH excluding ortho intramolecular Hbond substituents is 1. The molecule has 2 amide bonds. The minimum absolute atomic E-state index is 0.0679. The number of rotatable bonds is 6. The SMILES string of the molecule is Cc1c(C(=O)N(c2ccc(O)cc2)c2cnc3c(ccn3C)c2)cc(-c2cc(F)ccc2C(=O)N2Cc3ccccc3C[C@H]2CN)n1C. The van der Waals surface area contributed by atoms with E-state index in [2.05, 4.69) is 11.1 Å². The van der Waals surface area contributed by atoms with Gasteiger partial charge in [0.25, 0.3) is 11.8 Å². The molecule has 242 valence electrons. The van der Waals surface area contributed by atoms with E-state index >= 15 is 0 Å². The zero-order valence-corrected chi connectivity index (χ0v) is 26.9. The largest absolute Gasteiger partial charge is 0.508 e. The van der Waals surface area contributed by atoms with Gasteiger partial charge in [-0.3, -0.25) is 14.5 Å². The van der Waals surface area contributed by atoms with Crippen LogP contribution in [0, 0.1) is 12.7 Å². The molecule has 0 fully saturated rings. The first kappa shape index (κ1) is 30.9. The Labute approximate surface area is 277 Å². The van der Waals surface area contributed by atoms with Crippen molar-refractivity contribution < 1.29 is 19.1 Å². The molecule has 0 bridgehead atoms. The standard InChI is InChI=1S/C38H35FN6O3/c1-23-33(38(48)45(28-9-11-31(46)12-10-28)30-17-25-14-15-42(2)36(25)41-21-30)19-35(43(23)3)34-18-27(39)8-13-32(34)37(47)44-22-26-7-5-4-6-24(26)16-29(44)20-40/h4-15,17-19,21,29,46H,16,20,22,40H2,1-3H3/t29-/m0/s1. The molecule has 3 aromatic heterocycles. The Morgan fingerprint density at radius 2 is 1.71 bits per heavy atom. The predicted molar refractivity (Wildman–Crippen MR) is 184 cm³/mol. The molecule has 9 nitrogen and oxygen atoms in total. The molecular formula is C38H35FN6O3. The van der Waals surface area contributed by atoms with E-state index < -0.39 is 5.82 Å². The Balaban J connectivity index is 1.31. The first-order chi connectivity index (χ1) is 23.1. The number of carbonyl (C=O) groups excluding carboxylic acids is 2. The van der Waals surface area contributed by atoms with Gasteiger partial charge < -0.3 is 24.9 Å². The molecule has 1 aliphatic rings. The van der Waals surface area contributed by atoms with Crippen LogP contribution in [0.25, 0.3) is 22.3 Å². The predicted octanol–water partition coefficient (Wildman–Crippen LogP) is 6.24. The Kier molecular flexibility index (Phi) is 7.80. The average molecular weight is 643 g/mol. The molecule has 1 aliphatic heterocycles. The number of amides is 2. The van der Waals surface area contributed by atoms with Crippen molar-refractivity contribution in [2.24, 2.45) is 19.8 Å². The number of pyridine rings is 1. The maximum absolute atomic E-state index is 15.0. The maximum Gasteiger partial charge on any atom is 0.264 e. The fourth-order valence-electron chi connectivity index (χ4n) is 6.65. The first-order valence-corrected chi connectivity index (χ1v) is 15.7. The molecule has 0 radical (unpaired) electrons. The second kappa shape index (κ2) is 12.1. The van der Waals surface area contributed by atoms with Crippen LogP contribution in [0.2, 0.25) is 0 Å². The number of benzene rings is 3. The number of nitrogens with zero attached hydrogens (tertiary/aromatic N) is 5. The Morgan fingerprint density at radius 3 is 2.46 bits per heavy atom. The molecule has 1 atom stereocenters. The van der Waals surface area contributed by atoms with Gasteiger partial charge in [-0.25, -0.2) is 9.37 Å². The summed E-state index contributed by atoms with van der Waals surface area (Å²) in [4.78, 5) is 36.8. The van der Waals surface area contributed by atoms with Crippen LogP contribution in [-0.4, -0.2) is 48.5 Å². The van der Waals surface area contributed by atoms with Gasteiger partial charge in [-0.2, -0.15) is 0 Å². The minimum atomic E-state index is -0.499. The van der Waals surface area contributed by atoms with E-state index in [4.69, 9.17) is 5.73 Å². The molecule has 0 unspecified atom stereocenters. The summed E-state index contributed by atoms with van der Waals surface area (Å²) in [7, 11) is 3.70. The highest BCUT2D eigenvalue weighted by atomic mass is 19.1. The molecule has 7 rings (SSSR count). The lowest BCUT2D eigenvalue weighted by Crippen LogP contribution is -2.48. The van der Waals surface area contributed by atoms with Crippen LogP contribution in [-0.2, 0) is 27.1 Å². The highest BCUT2D eigenvalue weighted by Crippen LogP contribution is 2.35. The molecule has 48 heavy (non-hydrogen) atoms. The van der Waals surface area contributed by atoms with Crippen molar-refractivity contribution >= 4 is 34.2 Å². The number of fused-ring (bicyclic) bond motifs is 2. The molecule has 0 saturated carbocycles. The third-order valence-electron chi connectivity index (χ3n) is 9.40. The minimum Gasteiger partial charge on any atom is -0.508 e. The van der Waals surface area contributed by atoms with Gasteiger partial charge in [-0.15, -0.1) is 0 Å². The van der Waals surface area contributed by atoms with Crippen molar-refractivity contribution in [1.29, 1.82) is 0 Å². The lowest BCUT2D eigenvalue weighted by Gasteiger charge is -2.36. The second-order valence-corrected chi connectivity index (χ2v) is 12.3. The number of nitrogens with two attached hydrogens (primary N) is 1. The van der Waals surface area contributed by atoms with Crippen LogP contribution in [0.15, 0.2) is 97.3 Å². The van der Waals surface area contributed by atoms with Crippen molar-refractivity contribution in [1.82, 2.24) is 19.0 Å². The Hall–Kier alpha value is -5.74. The van der Waals surface area contributed by atoms with Gasteiger partial charge in [0.05, 0.1) is 17.4 Å². The van der Waals surface area contributed by atoms with Crippen molar-refractivity contribution in [3.63, 3.8) is 0 Å². The van der Waals surface area contributed by atoms with E-state index in [1.165, 1.54) is 30.3 Å². The van der Waals surface area contributed by atoms with Crippen LogP contribution < -0.4 is 10.6 Å². The van der Waals surface area contributed by atoms with E-state index in [-0.39, 0.29) is 30.2 Å². The molecule has 0 aliphatic carbocycles. The summed E-state index contributed by atoms with van der Waals surface area (Å²) in [5.41, 5.74) is 12.4. The van der Waals surface area contributed by atoms with Crippen molar-refractivity contribution in [3.05, 3.63) is 131 Å². The zero-order chi connectivity index (χ0) is 33.7. The number of aromatic nitrogens is 3. The fourth-order valence-corrected chi connectivity index (χ4v) is 6.65. The van der Waals surface area contributed by atoms with Crippen molar-refractivity contribution in [2.75, 3.05) is 11.4 Å². The van der Waals surface area contributed by atoms with Gasteiger partial charge in [0.2, 0.25) is 0 Å². The first-order valence-electron chi connectivity index (χ1n) is 15.7. The molecule has 10 heteroatoms. The normalized spacial score (nSPS) is 14.3. The van der Waals surface area contributed by atoms with E-state index in [0.717, 1.165) is 22.2 Å². The molecule has 0 spiro atoms. The molecule has 6 aromatic rings. The zero-order valence-electron chi connectivity index (χ0n) is 26.9. The van der Waals surface area contributed by atoms with Crippen LogP contribution in [0.5, 0.6) is 5.75 Å². The quantitative estimate of drug-likeness (QED) is 0.224. The second-order valence-electron chi connectivity index (χ2n) is 12.3. The lowest BCUT2D eigenvalue weighted by molar-refractivity contribution is 0.0648. The van der Waals surface area contributed by atoms with E-state index in [1.54, 1.807) is 45.8 Å². The number of aryl methyl sites for hydroxylation is 1. The van der Waals surface area contributed by atoms with Crippen LogP contribution in [0.4, 0.5) is 15.8 Å². The van der Waals surface area contributed by atoms with Crippen LogP contribution in [0.1, 0.15) is 37.5 Å². The summed E-state index contributed by atoms with van der Waals surface area (Å²) in [6.45, 7) is 2.50. The summed E-state index contributed by atoms with van der Waals surface area (Å²) in [5.74, 6) is -1.04. The highest BCUT2D eigenvalue weighted by molar-refractivity contribution is 6.13. The number of hydrogen-bond donors (Lipinski definition) is 2. The summed E-state index contributed by atoms with van der Waals surface area (Å²) in [6, 6.07) is 23.8. The summed E-state index contributed by atoms with van der Waals surface area (Å²) in [6.07, 6.45) is 4.17. The smallest absolute Gasteiger partial charge is 0.264 e. The van der Waals surface area contributed by atoms with Gasteiger partial charge >= 0.3 is 0 Å². The Morgan fingerprint density at radius 1 is 0.958 bits per heavy atom. The van der Waals surface area contributed by atoms with Crippen LogP contribution >= 0.6 is 0 Å². The molecule has 4 heterocycles. The number of aromatic hydroxyl groups is 1. The summed E-state index contributed by atoms with van der Waals surface area (Å²) >= 11 is 0. The topological polar surface area (TPSA) is 110 Å². The molecule has 3 aromatic carbocycles. The fraction of sp³-hybridized carbons (Fsp3) is 0.184. The van der Waals surface area contributed by atoms with E-state index in [9.17, 15) is 19.1 Å². The number of hydrogen-bond acceptors (Lipinski definition) is 5. The van der Waals surface area contributed by atoms with Gasteiger partial charge in [0.15, 0.2) is 0 Å². The van der Waals surface area contributed by atoms with Gasteiger partial charge in [0.1, 0.15) is 17.2 Å². The van der Waals surface area contributed by atoms with Gasteiger partial charge in [-0.1, -0.05) is 24.3 Å². The highest BCUT2D eigenvalue weighted by Gasteiger charge is 2.32. The maximum atomic E-state index is 15.0. The van der Waals surface area contributed by atoms with Gasteiger partial charge in [0, 0.05) is 73.0 Å². The van der Waals surface area contributed by atoms with Crippen molar-refractivity contribution in [2.45, 2.75) is 25.9 Å². The molecular weight excluding hydrogens is 607 g/mol. The summed E-state index contributed by atoms with van der Waals surface area (Å²) in [5, 5.41) is 10.9. The van der Waals surface area contributed by atoms with Gasteiger partial charge in [-0.05, 0) is 85.1 Å². The van der Waals surface area contributed by atoms with Crippen molar-refractivity contribution in [3.8, 4) is 17.0 Å². The number of carbonyl (C=O) groups is 2. The summed E-state index contributed by atoms with van der Waals surface area (Å²) < 4.78 is 18.7. The molecule has 3 N–H and O–H groups in total. The van der Waals surface area contributed by atoms with Crippen LogP contribution in [0.3, 0.4) is 0 Å². The average Bonchev–Trinajstić information content (AvgIpc) is 3.62. The third-order valence-corrected chi connectivity index (χ3v) is 9.40. The monoisotopic (exact) mass is 642 g/mol. The lowest BCUT2D eigenvalue weighted by atomic mass is 9.92. The Bertz CT molecular complexity index is 2200. The number of phenols is 1. The van der Waals surface area contributed by atoms with E-state index in [1.807, 2.05) is 55.1 Å². The number of halogens is 1. The number of anilines is 2. The molecule has 0 saturated heterocycles.